The van der Waals surface area contributed by atoms with Gasteiger partial charge in [0.05, 0.1) is 0 Å². The molecule has 0 saturated heterocycles. The number of hydroxylamine groups is 2. The Morgan fingerprint density at radius 3 is 0.925 bits per heavy atom. The molecular weight excluding hydrogens is 486 g/mol. The molecule has 0 aromatic heterocycles. The first-order valence-corrected chi connectivity index (χ1v) is 17.3. The third-order valence-electron chi connectivity index (χ3n) is 8.41. The van der Waals surface area contributed by atoms with E-state index < -0.39 is 0 Å². The van der Waals surface area contributed by atoms with Gasteiger partial charge in [-0.25, -0.2) is 0 Å². The van der Waals surface area contributed by atoms with Crippen LogP contribution < -0.4 is 0 Å². The Morgan fingerprint density at radius 1 is 0.375 bits per heavy atom. The molecular formula is C38H63NO. The fourth-order valence-electron chi connectivity index (χ4n) is 5.73. The molecule has 0 bridgehead atoms. The monoisotopic (exact) mass is 549 g/mol. The summed E-state index contributed by atoms with van der Waals surface area (Å²) in [6, 6.07) is 17.7. The van der Waals surface area contributed by atoms with Crippen molar-refractivity contribution in [1.82, 2.24) is 5.06 Å². The molecule has 0 aliphatic heterocycles. The summed E-state index contributed by atoms with van der Waals surface area (Å²) < 4.78 is 0. The lowest BCUT2D eigenvalue weighted by molar-refractivity contribution is -0.108. The second-order valence-electron chi connectivity index (χ2n) is 12.3. The lowest BCUT2D eigenvalue weighted by Crippen LogP contribution is -2.18. The van der Waals surface area contributed by atoms with Crippen molar-refractivity contribution in [3.05, 3.63) is 70.8 Å². The number of rotatable bonds is 26. The van der Waals surface area contributed by atoms with Crippen molar-refractivity contribution in [2.75, 3.05) is 0 Å². The minimum atomic E-state index is 0.568. The second kappa shape index (κ2) is 24.0. The van der Waals surface area contributed by atoms with E-state index in [1.54, 1.807) is 0 Å². The van der Waals surface area contributed by atoms with Gasteiger partial charge in [0.1, 0.15) is 0 Å². The topological polar surface area (TPSA) is 23.5 Å². The highest BCUT2D eigenvalue weighted by atomic mass is 16.5. The first-order valence-electron chi connectivity index (χ1n) is 17.3. The zero-order valence-corrected chi connectivity index (χ0v) is 26.5. The maximum Gasteiger partial charge on any atom is 0.0492 e. The molecule has 40 heavy (non-hydrogen) atoms. The van der Waals surface area contributed by atoms with E-state index in [2.05, 4.69) is 62.4 Å². The van der Waals surface area contributed by atoms with Crippen LogP contribution in [0.15, 0.2) is 48.5 Å². The Kier molecular flexibility index (Phi) is 20.7. The minimum absolute atomic E-state index is 0.568. The van der Waals surface area contributed by atoms with Crippen molar-refractivity contribution >= 4 is 0 Å². The maximum atomic E-state index is 10.5. The molecule has 0 amide bonds. The van der Waals surface area contributed by atoms with E-state index >= 15 is 0 Å². The third-order valence-corrected chi connectivity index (χ3v) is 8.41. The van der Waals surface area contributed by atoms with Crippen LogP contribution in [-0.2, 0) is 25.9 Å². The lowest BCUT2D eigenvalue weighted by Gasteiger charge is -2.15. The molecule has 2 rings (SSSR count). The van der Waals surface area contributed by atoms with Gasteiger partial charge in [-0.3, -0.25) is 0 Å². The van der Waals surface area contributed by atoms with E-state index in [0.29, 0.717) is 13.1 Å². The van der Waals surface area contributed by atoms with Gasteiger partial charge in [0, 0.05) is 13.1 Å². The van der Waals surface area contributed by atoms with Crippen LogP contribution in [0, 0.1) is 0 Å². The van der Waals surface area contributed by atoms with Gasteiger partial charge in [-0.15, -0.1) is 0 Å². The quantitative estimate of drug-likeness (QED) is 0.0931. The molecule has 1 N–H and O–H groups in total. The predicted molar refractivity (Wildman–Crippen MR) is 175 cm³/mol. The Morgan fingerprint density at radius 2 is 0.625 bits per heavy atom. The van der Waals surface area contributed by atoms with Crippen LogP contribution in [0.2, 0.25) is 0 Å². The van der Waals surface area contributed by atoms with Gasteiger partial charge in [0.25, 0.3) is 0 Å². The Labute approximate surface area is 248 Å². The number of benzene rings is 2. The van der Waals surface area contributed by atoms with Gasteiger partial charge in [-0.2, -0.15) is 5.06 Å². The van der Waals surface area contributed by atoms with Gasteiger partial charge in [0.15, 0.2) is 0 Å². The number of unbranched alkanes of at least 4 members (excludes halogenated alkanes) is 18. The fourth-order valence-corrected chi connectivity index (χ4v) is 5.73. The smallest absolute Gasteiger partial charge is 0.0492 e. The van der Waals surface area contributed by atoms with E-state index in [4.69, 9.17) is 0 Å². The van der Waals surface area contributed by atoms with Crippen molar-refractivity contribution < 1.29 is 5.21 Å². The van der Waals surface area contributed by atoms with E-state index in [9.17, 15) is 5.21 Å². The van der Waals surface area contributed by atoms with Crippen LogP contribution in [-0.4, -0.2) is 10.3 Å². The predicted octanol–water partition coefficient (Wildman–Crippen LogP) is 12.0. The van der Waals surface area contributed by atoms with Crippen LogP contribution in [0.5, 0.6) is 0 Å². The van der Waals surface area contributed by atoms with E-state index in [1.165, 1.54) is 169 Å². The molecule has 0 saturated carbocycles. The van der Waals surface area contributed by atoms with Gasteiger partial charge in [0.2, 0.25) is 0 Å². The SMILES string of the molecule is CCCCCCCCCCCCc1ccc(CN(O)Cc2ccc(CCCCCCCCCCCC)cc2)cc1. The first kappa shape index (κ1) is 34.6. The third kappa shape index (κ3) is 17.9. The molecule has 2 nitrogen and oxygen atoms in total. The fraction of sp³-hybridized carbons (Fsp3) is 0.684. The highest BCUT2D eigenvalue weighted by Crippen LogP contribution is 2.16. The number of nitrogens with zero attached hydrogens (tertiary/aromatic N) is 1. The summed E-state index contributed by atoms with van der Waals surface area (Å²) in [5.74, 6) is 0. The molecule has 0 radical (unpaired) electrons. The van der Waals surface area contributed by atoms with E-state index in [0.717, 1.165) is 0 Å². The summed E-state index contributed by atoms with van der Waals surface area (Å²) in [6.45, 7) is 5.71. The highest BCUT2D eigenvalue weighted by molar-refractivity contribution is 5.24. The largest absolute Gasteiger partial charge is 0.313 e. The summed E-state index contributed by atoms with van der Waals surface area (Å²) in [5, 5.41) is 12.0. The van der Waals surface area contributed by atoms with Gasteiger partial charge in [-0.05, 0) is 47.9 Å². The van der Waals surface area contributed by atoms with Crippen LogP contribution >= 0.6 is 0 Å². The number of hydrogen-bond acceptors (Lipinski definition) is 2. The summed E-state index contributed by atoms with van der Waals surface area (Å²) in [4.78, 5) is 0. The Bertz CT molecular complexity index is 743. The number of aryl methyl sites for hydroxylation is 2. The van der Waals surface area contributed by atoms with Crippen molar-refractivity contribution in [2.45, 2.75) is 168 Å². The Hall–Kier alpha value is -1.64. The molecule has 0 heterocycles. The lowest BCUT2D eigenvalue weighted by atomic mass is 10.0. The Balaban J connectivity index is 1.52. The molecule has 0 unspecified atom stereocenters. The van der Waals surface area contributed by atoms with Crippen molar-refractivity contribution in [3.8, 4) is 0 Å². The van der Waals surface area contributed by atoms with Gasteiger partial charge >= 0.3 is 0 Å². The van der Waals surface area contributed by atoms with E-state index in [1.807, 2.05) is 0 Å². The second-order valence-corrected chi connectivity index (χ2v) is 12.3. The van der Waals surface area contributed by atoms with Crippen LogP contribution in [0.4, 0.5) is 0 Å². The van der Waals surface area contributed by atoms with Crippen molar-refractivity contribution in [1.29, 1.82) is 0 Å². The highest BCUT2D eigenvalue weighted by Gasteiger charge is 2.05. The average molecular weight is 550 g/mol. The van der Waals surface area contributed by atoms with Crippen molar-refractivity contribution in [3.63, 3.8) is 0 Å². The van der Waals surface area contributed by atoms with Gasteiger partial charge in [-0.1, -0.05) is 178 Å². The van der Waals surface area contributed by atoms with Crippen LogP contribution in [0.1, 0.15) is 165 Å². The minimum Gasteiger partial charge on any atom is -0.313 e. The summed E-state index contributed by atoms with van der Waals surface area (Å²) in [7, 11) is 0. The molecule has 2 aromatic carbocycles. The zero-order valence-electron chi connectivity index (χ0n) is 26.5. The normalized spacial score (nSPS) is 11.5. The van der Waals surface area contributed by atoms with E-state index in [-0.39, 0.29) is 0 Å². The molecule has 0 atom stereocenters. The average Bonchev–Trinajstić information content (AvgIpc) is 2.96. The van der Waals surface area contributed by atoms with Gasteiger partial charge < -0.3 is 5.21 Å². The van der Waals surface area contributed by atoms with Crippen LogP contribution in [0.25, 0.3) is 0 Å². The first-order chi connectivity index (χ1) is 19.7. The number of hydrogen-bond donors (Lipinski definition) is 1. The standard InChI is InChI=1S/C38H63NO/c1-3-5-7-9-11-13-15-17-19-21-23-35-25-29-37(30-26-35)33-39(40)34-38-31-27-36(28-32-38)24-22-20-18-16-14-12-10-8-6-4-2/h25-32,40H,3-24,33-34H2,1-2H3. The molecule has 0 aliphatic carbocycles. The zero-order chi connectivity index (χ0) is 28.5. The molecule has 2 heteroatoms. The van der Waals surface area contributed by atoms with Crippen LogP contribution in [0.3, 0.4) is 0 Å². The molecule has 0 fully saturated rings. The van der Waals surface area contributed by atoms with Crippen molar-refractivity contribution in [2.24, 2.45) is 0 Å². The maximum absolute atomic E-state index is 10.5. The summed E-state index contributed by atoms with van der Waals surface area (Å²) in [5.41, 5.74) is 5.19. The molecule has 0 spiro atoms. The summed E-state index contributed by atoms with van der Waals surface area (Å²) in [6.07, 6.45) is 30.1. The molecule has 0 aliphatic rings. The molecule has 226 valence electrons. The summed E-state index contributed by atoms with van der Waals surface area (Å²) >= 11 is 0. The molecule has 2 aromatic rings.